The molecular formula is C64H41NO. The summed E-state index contributed by atoms with van der Waals surface area (Å²) in [5.74, 6) is 0. The third-order valence-electron chi connectivity index (χ3n) is 13.4. The molecule has 12 aromatic carbocycles. The normalized spacial score (nSPS) is 11.6. The van der Waals surface area contributed by atoms with Crippen molar-refractivity contribution >= 4 is 82.1 Å². The van der Waals surface area contributed by atoms with Gasteiger partial charge in [-0.2, -0.15) is 0 Å². The summed E-state index contributed by atoms with van der Waals surface area (Å²) in [7, 11) is 0. The van der Waals surface area contributed by atoms with E-state index in [0.717, 1.165) is 66.8 Å². The Bertz CT molecular complexity index is 3990. The number of fused-ring (bicyclic) bond motifs is 9. The van der Waals surface area contributed by atoms with E-state index in [2.05, 4.69) is 241 Å². The fourth-order valence-electron chi connectivity index (χ4n) is 10.2. The van der Waals surface area contributed by atoms with E-state index >= 15 is 0 Å². The maximum Gasteiger partial charge on any atom is 0.136 e. The molecule has 0 N–H and O–H groups in total. The number of rotatable bonds is 7. The number of nitrogens with zero attached hydrogens (tertiary/aromatic N) is 1. The van der Waals surface area contributed by atoms with Crippen molar-refractivity contribution in [1.29, 1.82) is 0 Å². The molecule has 13 rings (SSSR count). The number of benzene rings is 12. The molecule has 0 aliphatic carbocycles. The second-order valence-electron chi connectivity index (χ2n) is 17.2. The van der Waals surface area contributed by atoms with Crippen molar-refractivity contribution in [2.24, 2.45) is 0 Å². The van der Waals surface area contributed by atoms with E-state index in [1.165, 1.54) is 59.8 Å². The van der Waals surface area contributed by atoms with E-state index in [9.17, 15) is 0 Å². The van der Waals surface area contributed by atoms with Crippen molar-refractivity contribution in [2.45, 2.75) is 0 Å². The van der Waals surface area contributed by atoms with Gasteiger partial charge in [0.25, 0.3) is 0 Å². The molecule has 66 heavy (non-hydrogen) atoms. The largest absolute Gasteiger partial charge is 0.456 e. The molecule has 0 aliphatic rings. The van der Waals surface area contributed by atoms with Gasteiger partial charge in [0.05, 0.1) is 5.69 Å². The Balaban J connectivity index is 0.926. The van der Waals surface area contributed by atoms with Crippen molar-refractivity contribution in [3.8, 4) is 44.5 Å². The Morgan fingerprint density at radius 3 is 1.59 bits per heavy atom. The summed E-state index contributed by atoms with van der Waals surface area (Å²) in [6.07, 6.45) is 0. The average Bonchev–Trinajstić information content (AvgIpc) is 3.78. The van der Waals surface area contributed by atoms with Crippen LogP contribution in [0.4, 0.5) is 17.1 Å². The van der Waals surface area contributed by atoms with Crippen molar-refractivity contribution in [3.63, 3.8) is 0 Å². The zero-order valence-corrected chi connectivity index (χ0v) is 36.0. The molecule has 0 fully saturated rings. The van der Waals surface area contributed by atoms with Crippen molar-refractivity contribution in [1.82, 2.24) is 0 Å². The van der Waals surface area contributed by atoms with Crippen LogP contribution in [0.5, 0.6) is 0 Å². The van der Waals surface area contributed by atoms with Crippen LogP contribution in [-0.4, -0.2) is 0 Å². The first kappa shape index (κ1) is 37.8. The molecule has 0 aliphatic heterocycles. The summed E-state index contributed by atoms with van der Waals surface area (Å²) in [6.45, 7) is 0. The number of furan rings is 1. The highest BCUT2D eigenvalue weighted by Gasteiger charge is 2.20. The third-order valence-corrected chi connectivity index (χ3v) is 13.4. The van der Waals surface area contributed by atoms with Gasteiger partial charge in [0.2, 0.25) is 0 Å². The van der Waals surface area contributed by atoms with Gasteiger partial charge in [0, 0.05) is 27.7 Å². The number of hydrogen-bond acceptors (Lipinski definition) is 2. The number of para-hydroxylation sites is 2. The van der Waals surface area contributed by atoms with E-state index < -0.39 is 0 Å². The smallest absolute Gasteiger partial charge is 0.136 e. The standard InChI is InChI=1S/C64H41NO/c1-3-15-54-43(11-1)30-32-51-39-49(35-38-56(51)54)42-23-25-45(26-24-42)57-17-5-7-20-61(57)65(52-36-33-46(34-37-52)58-19-10-22-63-64(58)59-18-6-8-21-62(59)66-63)53-14-9-13-48(40-53)50-31-29-47-28-27-44-12-2-4-16-55(44)60(47)41-50/h1-41H. The lowest BCUT2D eigenvalue weighted by Crippen LogP contribution is -2.11. The minimum atomic E-state index is 0.895. The maximum atomic E-state index is 6.30. The molecule has 308 valence electrons. The van der Waals surface area contributed by atoms with E-state index in [-0.39, 0.29) is 0 Å². The zero-order chi connectivity index (χ0) is 43.6. The number of anilines is 3. The molecule has 2 nitrogen and oxygen atoms in total. The Hall–Kier alpha value is -8.72. The van der Waals surface area contributed by atoms with Gasteiger partial charge in [-0.15, -0.1) is 0 Å². The van der Waals surface area contributed by atoms with Crippen LogP contribution in [0, 0.1) is 0 Å². The average molecular weight is 840 g/mol. The first-order chi connectivity index (χ1) is 32.7. The van der Waals surface area contributed by atoms with Crippen LogP contribution >= 0.6 is 0 Å². The molecular weight excluding hydrogens is 799 g/mol. The van der Waals surface area contributed by atoms with Crippen LogP contribution in [0.25, 0.3) is 110 Å². The Morgan fingerprint density at radius 1 is 0.258 bits per heavy atom. The van der Waals surface area contributed by atoms with E-state index in [1.54, 1.807) is 0 Å². The summed E-state index contributed by atoms with van der Waals surface area (Å²) >= 11 is 0. The SMILES string of the molecule is c1cc(-c2ccc3ccc4ccccc4c3c2)cc(N(c2ccc(-c3cccc4oc5ccccc5c34)cc2)c2ccccc2-c2ccc(-c3ccc4c(ccc5ccccc54)c3)cc2)c1. The molecule has 1 heterocycles. The second kappa shape index (κ2) is 15.5. The third kappa shape index (κ3) is 6.42. The molecule has 2 heteroatoms. The summed E-state index contributed by atoms with van der Waals surface area (Å²) < 4.78 is 6.30. The van der Waals surface area contributed by atoms with Crippen LogP contribution in [-0.2, 0) is 0 Å². The lowest BCUT2D eigenvalue weighted by Gasteiger charge is -2.28. The fraction of sp³-hybridized carbons (Fsp3) is 0. The predicted octanol–water partition coefficient (Wildman–Crippen LogP) is 18.3. The highest BCUT2D eigenvalue weighted by molar-refractivity contribution is 6.13. The molecule has 0 saturated carbocycles. The maximum absolute atomic E-state index is 6.30. The number of hydrogen-bond donors (Lipinski definition) is 0. The molecule has 0 spiro atoms. The van der Waals surface area contributed by atoms with Gasteiger partial charge in [-0.3, -0.25) is 0 Å². The van der Waals surface area contributed by atoms with Gasteiger partial charge < -0.3 is 9.32 Å². The molecule has 0 saturated heterocycles. The first-order valence-electron chi connectivity index (χ1n) is 22.6. The van der Waals surface area contributed by atoms with Gasteiger partial charge in [0.1, 0.15) is 11.2 Å². The summed E-state index contributed by atoms with van der Waals surface area (Å²) in [5, 5.41) is 12.4. The van der Waals surface area contributed by atoms with Crippen LogP contribution in [0.3, 0.4) is 0 Å². The van der Waals surface area contributed by atoms with Gasteiger partial charge >= 0.3 is 0 Å². The minimum Gasteiger partial charge on any atom is -0.456 e. The van der Waals surface area contributed by atoms with Gasteiger partial charge in [0.15, 0.2) is 0 Å². The summed E-state index contributed by atoms with van der Waals surface area (Å²) in [4.78, 5) is 2.41. The topological polar surface area (TPSA) is 16.4 Å². The molecule has 0 radical (unpaired) electrons. The van der Waals surface area contributed by atoms with Crippen molar-refractivity contribution in [2.75, 3.05) is 4.90 Å². The lowest BCUT2D eigenvalue weighted by atomic mass is 9.95. The van der Waals surface area contributed by atoms with E-state index in [4.69, 9.17) is 4.42 Å². The lowest BCUT2D eigenvalue weighted by molar-refractivity contribution is 0.669. The van der Waals surface area contributed by atoms with Gasteiger partial charge in [-0.25, -0.2) is 0 Å². The molecule has 13 aromatic rings. The predicted molar refractivity (Wildman–Crippen MR) is 280 cm³/mol. The fourth-order valence-corrected chi connectivity index (χ4v) is 10.2. The highest BCUT2D eigenvalue weighted by Crippen LogP contribution is 2.44. The van der Waals surface area contributed by atoms with Crippen LogP contribution in [0.15, 0.2) is 253 Å². The first-order valence-corrected chi connectivity index (χ1v) is 22.6. The molecule has 0 unspecified atom stereocenters. The summed E-state index contributed by atoms with van der Waals surface area (Å²) in [5.41, 5.74) is 14.4. The molecule has 0 amide bonds. The highest BCUT2D eigenvalue weighted by atomic mass is 16.3. The Kier molecular flexibility index (Phi) is 8.89. The second-order valence-corrected chi connectivity index (χ2v) is 17.2. The Labute approximate surface area is 382 Å². The summed E-state index contributed by atoms with van der Waals surface area (Å²) in [6, 6.07) is 90.4. The molecule has 0 atom stereocenters. The van der Waals surface area contributed by atoms with Gasteiger partial charge in [-0.05, 0) is 137 Å². The van der Waals surface area contributed by atoms with Crippen molar-refractivity contribution in [3.05, 3.63) is 249 Å². The van der Waals surface area contributed by atoms with Crippen LogP contribution in [0.2, 0.25) is 0 Å². The molecule has 1 aromatic heterocycles. The van der Waals surface area contributed by atoms with E-state index in [1.807, 2.05) is 12.1 Å². The van der Waals surface area contributed by atoms with Gasteiger partial charge in [-0.1, -0.05) is 194 Å². The van der Waals surface area contributed by atoms with Crippen LogP contribution < -0.4 is 4.90 Å². The quantitative estimate of drug-likeness (QED) is 0.149. The minimum absolute atomic E-state index is 0.895. The van der Waals surface area contributed by atoms with E-state index in [0.29, 0.717) is 0 Å². The zero-order valence-electron chi connectivity index (χ0n) is 36.0. The van der Waals surface area contributed by atoms with Crippen LogP contribution in [0.1, 0.15) is 0 Å². The van der Waals surface area contributed by atoms with Crippen molar-refractivity contribution < 1.29 is 4.42 Å². The Morgan fingerprint density at radius 2 is 0.773 bits per heavy atom. The molecule has 0 bridgehead atoms. The monoisotopic (exact) mass is 839 g/mol.